The number of benzene rings is 1. The lowest BCUT2D eigenvalue weighted by Crippen LogP contribution is -2.50. The Morgan fingerprint density at radius 2 is 1.80 bits per heavy atom. The Morgan fingerprint density at radius 1 is 1.16 bits per heavy atom. The van der Waals surface area contributed by atoms with Crippen molar-refractivity contribution >= 4 is 11.6 Å². The van der Waals surface area contributed by atoms with Crippen molar-refractivity contribution in [2.24, 2.45) is 0 Å². The van der Waals surface area contributed by atoms with E-state index in [4.69, 9.17) is 4.74 Å². The molecule has 1 saturated heterocycles. The van der Waals surface area contributed by atoms with E-state index in [9.17, 15) is 4.79 Å². The second-order valence-corrected chi connectivity index (χ2v) is 6.04. The molecule has 136 valence electrons. The molecule has 0 spiro atoms. The van der Waals surface area contributed by atoms with Crippen LogP contribution in [0, 0.1) is 0 Å². The Hall–Kier alpha value is -2.27. The molecule has 2 rings (SSSR count). The normalized spacial score (nSPS) is 14.8. The monoisotopic (exact) mass is 343 g/mol. The van der Waals surface area contributed by atoms with E-state index in [0.29, 0.717) is 26.2 Å². The molecule has 1 heterocycles. The lowest BCUT2D eigenvalue weighted by molar-refractivity contribution is -0.131. The van der Waals surface area contributed by atoms with Gasteiger partial charge in [-0.2, -0.15) is 0 Å². The molecule has 1 fully saturated rings. The molecule has 1 aliphatic heterocycles. The average Bonchev–Trinajstić information content (AvgIpc) is 2.63. The van der Waals surface area contributed by atoms with Crippen LogP contribution in [0.1, 0.15) is 6.92 Å². The highest BCUT2D eigenvalue weighted by molar-refractivity contribution is 5.78. The van der Waals surface area contributed by atoms with Gasteiger partial charge in [0.2, 0.25) is 5.91 Å². The largest absolute Gasteiger partial charge is 0.492 e. The SMILES string of the molecule is C=CCN(CC=C)C(=O)CN1CCN(c2ccccc2OCC)CC1. The number of hydrogen-bond donors (Lipinski definition) is 0. The van der Waals surface area contributed by atoms with Crippen LogP contribution in [0.2, 0.25) is 0 Å². The zero-order valence-corrected chi connectivity index (χ0v) is 15.2. The van der Waals surface area contributed by atoms with Gasteiger partial charge in [-0.05, 0) is 19.1 Å². The highest BCUT2D eigenvalue weighted by Gasteiger charge is 2.22. The van der Waals surface area contributed by atoms with E-state index in [1.165, 1.54) is 0 Å². The van der Waals surface area contributed by atoms with Crippen LogP contribution >= 0.6 is 0 Å². The molecule has 1 aromatic rings. The summed E-state index contributed by atoms with van der Waals surface area (Å²) in [5.74, 6) is 1.06. The van der Waals surface area contributed by atoms with Gasteiger partial charge in [-0.25, -0.2) is 0 Å². The number of para-hydroxylation sites is 2. The summed E-state index contributed by atoms with van der Waals surface area (Å²) in [5.41, 5.74) is 1.13. The number of hydrogen-bond acceptors (Lipinski definition) is 4. The third kappa shape index (κ3) is 5.36. The maximum absolute atomic E-state index is 12.4. The highest BCUT2D eigenvalue weighted by atomic mass is 16.5. The number of piperazine rings is 1. The molecule has 5 heteroatoms. The summed E-state index contributed by atoms with van der Waals surface area (Å²) in [7, 11) is 0. The molecule has 0 bridgehead atoms. The van der Waals surface area contributed by atoms with Crippen molar-refractivity contribution in [3.05, 3.63) is 49.6 Å². The quantitative estimate of drug-likeness (QED) is 0.645. The molecule has 1 aromatic carbocycles. The minimum absolute atomic E-state index is 0.128. The molecule has 1 aliphatic rings. The predicted molar refractivity (Wildman–Crippen MR) is 103 cm³/mol. The van der Waals surface area contributed by atoms with Gasteiger partial charge in [0.15, 0.2) is 0 Å². The van der Waals surface area contributed by atoms with Crippen molar-refractivity contribution in [1.29, 1.82) is 0 Å². The van der Waals surface area contributed by atoms with Crippen LogP contribution < -0.4 is 9.64 Å². The van der Waals surface area contributed by atoms with E-state index in [0.717, 1.165) is 37.6 Å². The smallest absolute Gasteiger partial charge is 0.237 e. The topological polar surface area (TPSA) is 36.0 Å². The predicted octanol–water partition coefficient (Wildman–Crippen LogP) is 2.41. The van der Waals surface area contributed by atoms with Crippen molar-refractivity contribution in [2.75, 3.05) is 57.3 Å². The van der Waals surface area contributed by atoms with Crippen molar-refractivity contribution in [1.82, 2.24) is 9.80 Å². The molecule has 5 nitrogen and oxygen atoms in total. The molecule has 1 amide bonds. The molecular weight excluding hydrogens is 314 g/mol. The first-order chi connectivity index (χ1) is 12.2. The number of anilines is 1. The summed E-state index contributed by atoms with van der Waals surface area (Å²) in [5, 5.41) is 0. The number of carbonyl (C=O) groups is 1. The Labute approximate surface area is 151 Å². The lowest BCUT2D eigenvalue weighted by atomic mass is 10.2. The summed E-state index contributed by atoms with van der Waals surface area (Å²) in [6, 6.07) is 8.15. The van der Waals surface area contributed by atoms with Crippen LogP contribution in [-0.4, -0.2) is 68.1 Å². The molecule has 0 unspecified atom stereocenters. The standard InChI is InChI=1S/C20H29N3O2/c1-4-11-23(12-5-2)20(24)17-21-13-15-22(16-14-21)18-9-7-8-10-19(18)25-6-3/h4-5,7-10H,1-2,6,11-17H2,3H3. The minimum Gasteiger partial charge on any atom is -0.492 e. The van der Waals surface area contributed by atoms with Crippen molar-refractivity contribution < 1.29 is 9.53 Å². The van der Waals surface area contributed by atoms with E-state index in [1.807, 2.05) is 25.1 Å². The number of nitrogens with zero attached hydrogens (tertiary/aromatic N) is 3. The summed E-state index contributed by atoms with van der Waals surface area (Å²) in [6.45, 7) is 15.2. The van der Waals surface area contributed by atoms with E-state index in [1.54, 1.807) is 17.1 Å². The molecular formula is C20H29N3O2. The van der Waals surface area contributed by atoms with Crippen LogP contribution in [0.4, 0.5) is 5.69 Å². The molecule has 0 radical (unpaired) electrons. The van der Waals surface area contributed by atoms with Crippen LogP contribution in [-0.2, 0) is 4.79 Å². The Balaban J connectivity index is 1.90. The van der Waals surface area contributed by atoms with Gasteiger partial charge in [0.05, 0.1) is 18.8 Å². The lowest BCUT2D eigenvalue weighted by Gasteiger charge is -2.37. The fourth-order valence-corrected chi connectivity index (χ4v) is 3.02. The van der Waals surface area contributed by atoms with E-state index >= 15 is 0 Å². The van der Waals surface area contributed by atoms with Crippen LogP contribution in [0.15, 0.2) is 49.6 Å². The second kappa shape index (κ2) is 9.89. The average molecular weight is 343 g/mol. The maximum atomic E-state index is 12.4. The van der Waals surface area contributed by atoms with Crippen molar-refractivity contribution in [3.63, 3.8) is 0 Å². The van der Waals surface area contributed by atoms with Gasteiger partial charge < -0.3 is 14.5 Å². The maximum Gasteiger partial charge on any atom is 0.237 e. The number of ether oxygens (including phenoxy) is 1. The fraction of sp³-hybridized carbons (Fsp3) is 0.450. The van der Waals surface area contributed by atoms with Crippen LogP contribution in [0.5, 0.6) is 5.75 Å². The summed E-state index contributed by atoms with van der Waals surface area (Å²) in [4.78, 5) is 18.8. The van der Waals surface area contributed by atoms with Gasteiger partial charge in [0, 0.05) is 39.3 Å². The van der Waals surface area contributed by atoms with E-state index in [-0.39, 0.29) is 5.91 Å². The number of rotatable bonds is 9. The zero-order chi connectivity index (χ0) is 18.1. The third-order valence-electron chi connectivity index (χ3n) is 4.29. The molecule has 0 N–H and O–H groups in total. The highest BCUT2D eigenvalue weighted by Crippen LogP contribution is 2.28. The zero-order valence-electron chi connectivity index (χ0n) is 15.2. The second-order valence-electron chi connectivity index (χ2n) is 6.04. The minimum atomic E-state index is 0.128. The van der Waals surface area contributed by atoms with E-state index < -0.39 is 0 Å². The summed E-state index contributed by atoms with van der Waals surface area (Å²) < 4.78 is 5.73. The summed E-state index contributed by atoms with van der Waals surface area (Å²) >= 11 is 0. The Kier molecular flexibility index (Phi) is 7.54. The molecule has 0 saturated carbocycles. The number of carbonyl (C=O) groups excluding carboxylic acids is 1. The fourth-order valence-electron chi connectivity index (χ4n) is 3.02. The van der Waals surface area contributed by atoms with Crippen LogP contribution in [0.25, 0.3) is 0 Å². The van der Waals surface area contributed by atoms with Crippen LogP contribution in [0.3, 0.4) is 0 Å². The molecule has 0 aromatic heterocycles. The van der Waals surface area contributed by atoms with Gasteiger partial charge in [-0.15, -0.1) is 13.2 Å². The van der Waals surface area contributed by atoms with Gasteiger partial charge in [0.1, 0.15) is 5.75 Å². The first-order valence-corrected chi connectivity index (χ1v) is 8.88. The molecule has 25 heavy (non-hydrogen) atoms. The van der Waals surface area contributed by atoms with Crippen molar-refractivity contribution in [3.8, 4) is 5.75 Å². The van der Waals surface area contributed by atoms with Gasteiger partial charge >= 0.3 is 0 Å². The van der Waals surface area contributed by atoms with Crippen molar-refractivity contribution in [2.45, 2.75) is 6.92 Å². The first kappa shape index (κ1) is 19.1. The first-order valence-electron chi connectivity index (χ1n) is 8.88. The number of amides is 1. The van der Waals surface area contributed by atoms with Gasteiger partial charge in [0.25, 0.3) is 0 Å². The van der Waals surface area contributed by atoms with E-state index in [2.05, 4.69) is 29.0 Å². The van der Waals surface area contributed by atoms with Gasteiger partial charge in [-0.1, -0.05) is 24.3 Å². The Bertz CT molecular complexity index is 570. The summed E-state index contributed by atoms with van der Waals surface area (Å²) in [6.07, 6.45) is 3.51. The third-order valence-corrected chi connectivity index (χ3v) is 4.29. The molecule has 0 aliphatic carbocycles. The molecule has 0 atom stereocenters. The van der Waals surface area contributed by atoms with Gasteiger partial charge in [-0.3, -0.25) is 9.69 Å². The Morgan fingerprint density at radius 3 is 2.40 bits per heavy atom.